The molecule has 0 saturated carbocycles. The molecule has 3 rings (SSSR count). The molecular weight excluding hydrogens is 365 g/mol. The number of hydrogen-bond donors (Lipinski definition) is 2. The van der Waals surface area contributed by atoms with Crippen molar-refractivity contribution in [3.05, 3.63) is 64.7 Å². The minimum Gasteiger partial charge on any atom is -0.389 e. The summed E-state index contributed by atoms with van der Waals surface area (Å²) in [7, 11) is 0. The molecule has 0 saturated heterocycles. The van der Waals surface area contributed by atoms with E-state index in [2.05, 4.69) is 10.3 Å². The van der Waals surface area contributed by atoms with E-state index in [0.717, 1.165) is 10.8 Å². The lowest BCUT2D eigenvalue weighted by atomic mass is 10.1. The van der Waals surface area contributed by atoms with E-state index in [-0.39, 0.29) is 18.6 Å². The minimum absolute atomic E-state index is 0.143. The highest BCUT2D eigenvalue weighted by molar-refractivity contribution is 7.18. The fourth-order valence-electron chi connectivity index (χ4n) is 2.26. The monoisotopic (exact) mass is 378 g/mol. The zero-order valence-corrected chi connectivity index (χ0v) is 14.1. The number of nitrogens with one attached hydrogen (secondary N) is 1. The Labute approximate surface area is 150 Å². The van der Waals surface area contributed by atoms with E-state index < -0.39 is 6.18 Å². The number of carbonyl (C=O) groups excluding carboxylic acids is 1. The molecule has 26 heavy (non-hydrogen) atoms. The van der Waals surface area contributed by atoms with Crippen LogP contribution in [0.4, 0.5) is 18.9 Å². The second-order valence-electron chi connectivity index (χ2n) is 5.40. The number of aliphatic hydroxyl groups is 1. The van der Waals surface area contributed by atoms with Gasteiger partial charge in [0.1, 0.15) is 5.01 Å². The maximum atomic E-state index is 12.3. The number of halogens is 3. The van der Waals surface area contributed by atoms with Crippen LogP contribution in [0.1, 0.15) is 20.9 Å². The van der Waals surface area contributed by atoms with Gasteiger partial charge in [0, 0.05) is 17.3 Å². The van der Waals surface area contributed by atoms with Crippen LogP contribution in [-0.2, 0) is 6.61 Å². The van der Waals surface area contributed by atoms with Crippen LogP contribution < -0.4 is 5.32 Å². The predicted molar refractivity (Wildman–Crippen MR) is 95.0 cm³/mol. The average molecular weight is 378 g/mol. The number of carbonyl (C=O) groups is 1. The van der Waals surface area contributed by atoms with E-state index in [4.69, 9.17) is 5.11 Å². The summed E-state index contributed by atoms with van der Waals surface area (Å²) >= 11 is 1.37. The molecule has 2 N–H and O–H groups in total. The number of allylic oxidation sites excluding steroid dienone is 1. The summed E-state index contributed by atoms with van der Waals surface area (Å²) in [5.41, 5.74) is 1.88. The summed E-state index contributed by atoms with van der Waals surface area (Å²) in [4.78, 5) is 16.5. The van der Waals surface area contributed by atoms with Gasteiger partial charge in [0.05, 0.1) is 16.8 Å². The molecule has 0 aliphatic carbocycles. The van der Waals surface area contributed by atoms with Crippen LogP contribution >= 0.6 is 11.3 Å². The van der Waals surface area contributed by atoms with E-state index in [0.29, 0.717) is 27.3 Å². The molecule has 8 heteroatoms. The van der Waals surface area contributed by atoms with Crippen LogP contribution in [0.2, 0.25) is 0 Å². The number of benzene rings is 2. The zero-order chi connectivity index (χ0) is 18.7. The van der Waals surface area contributed by atoms with E-state index in [1.807, 2.05) is 0 Å². The Morgan fingerprint density at radius 2 is 1.92 bits per heavy atom. The molecule has 0 aliphatic heterocycles. The topological polar surface area (TPSA) is 62.2 Å². The standard InChI is InChI=1S/C18H13F3N2O2S/c19-18(20,21)8-7-11-1-3-12(4-2-11)17(25)22-13-5-6-15-14(9-13)23-16(10-24)26-15/h1-9,24H,10H2,(H,22,25). The van der Waals surface area contributed by atoms with Gasteiger partial charge in [0.15, 0.2) is 0 Å². The number of fused-ring (bicyclic) bond motifs is 1. The molecule has 0 radical (unpaired) electrons. The van der Waals surface area contributed by atoms with Crippen molar-refractivity contribution in [1.29, 1.82) is 0 Å². The molecule has 0 bridgehead atoms. The smallest absolute Gasteiger partial charge is 0.389 e. The minimum atomic E-state index is -4.37. The molecule has 0 spiro atoms. The zero-order valence-electron chi connectivity index (χ0n) is 13.2. The number of alkyl halides is 3. The van der Waals surface area contributed by atoms with E-state index in [1.165, 1.54) is 35.6 Å². The van der Waals surface area contributed by atoms with Crippen LogP contribution in [0.25, 0.3) is 16.3 Å². The Kier molecular flexibility index (Phi) is 5.06. The van der Waals surface area contributed by atoms with Gasteiger partial charge >= 0.3 is 6.18 Å². The van der Waals surface area contributed by atoms with Gasteiger partial charge in [-0.25, -0.2) is 4.98 Å². The summed E-state index contributed by atoms with van der Waals surface area (Å²) < 4.78 is 37.4. The fourth-order valence-corrected chi connectivity index (χ4v) is 3.07. The number of amides is 1. The molecule has 0 unspecified atom stereocenters. The van der Waals surface area contributed by atoms with Crippen molar-refractivity contribution in [2.24, 2.45) is 0 Å². The van der Waals surface area contributed by atoms with Crippen LogP contribution in [0.5, 0.6) is 0 Å². The third-order valence-corrected chi connectivity index (χ3v) is 4.48. The molecule has 1 heterocycles. The Morgan fingerprint density at radius 1 is 1.19 bits per heavy atom. The van der Waals surface area contributed by atoms with E-state index in [9.17, 15) is 18.0 Å². The Morgan fingerprint density at radius 3 is 2.58 bits per heavy atom. The van der Waals surface area contributed by atoms with Crippen molar-refractivity contribution in [2.45, 2.75) is 12.8 Å². The quantitative estimate of drug-likeness (QED) is 0.697. The van der Waals surface area contributed by atoms with Crippen molar-refractivity contribution in [1.82, 2.24) is 4.98 Å². The molecule has 1 aromatic heterocycles. The number of thiazole rings is 1. The summed E-state index contributed by atoms with van der Waals surface area (Å²) in [5, 5.41) is 12.4. The van der Waals surface area contributed by atoms with Crippen LogP contribution in [0.15, 0.2) is 48.5 Å². The summed E-state index contributed by atoms with van der Waals surface area (Å²) in [5.74, 6) is -0.381. The molecule has 2 aromatic carbocycles. The number of hydrogen-bond acceptors (Lipinski definition) is 4. The first-order valence-corrected chi connectivity index (χ1v) is 8.33. The second-order valence-corrected chi connectivity index (χ2v) is 6.51. The summed E-state index contributed by atoms with van der Waals surface area (Å²) in [6.07, 6.45) is -3.29. The van der Waals surface area contributed by atoms with Gasteiger partial charge in [0.2, 0.25) is 0 Å². The maximum absolute atomic E-state index is 12.3. The Balaban J connectivity index is 1.72. The number of aliphatic hydroxyl groups excluding tert-OH is 1. The van der Waals surface area contributed by atoms with Gasteiger partial charge in [-0.15, -0.1) is 11.3 Å². The molecule has 1 amide bonds. The molecule has 0 fully saturated rings. The van der Waals surface area contributed by atoms with Gasteiger partial charge in [-0.2, -0.15) is 13.2 Å². The van der Waals surface area contributed by atoms with Crippen molar-refractivity contribution < 1.29 is 23.1 Å². The Hall–Kier alpha value is -2.71. The molecule has 0 aliphatic rings. The molecular formula is C18H13F3N2O2S. The third kappa shape index (κ3) is 4.47. The summed E-state index contributed by atoms with van der Waals surface area (Å²) in [6.45, 7) is -0.143. The van der Waals surface area contributed by atoms with Crippen molar-refractivity contribution in [2.75, 3.05) is 5.32 Å². The third-order valence-electron chi connectivity index (χ3n) is 3.46. The van der Waals surface area contributed by atoms with Crippen molar-refractivity contribution in [3.8, 4) is 0 Å². The molecule has 4 nitrogen and oxygen atoms in total. The van der Waals surface area contributed by atoms with Gasteiger partial charge < -0.3 is 10.4 Å². The highest BCUT2D eigenvalue weighted by atomic mass is 32.1. The van der Waals surface area contributed by atoms with Crippen LogP contribution in [-0.4, -0.2) is 22.2 Å². The highest BCUT2D eigenvalue weighted by Gasteiger charge is 2.21. The first kappa shape index (κ1) is 18.1. The lowest BCUT2D eigenvalue weighted by molar-refractivity contribution is -0.0790. The highest BCUT2D eigenvalue weighted by Crippen LogP contribution is 2.25. The van der Waals surface area contributed by atoms with Gasteiger partial charge in [-0.3, -0.25) is 4.79 Å². The molecule has 3 aromatic rings. The number of rotatable bonds is 4. The first-order chi connectivity index (χ1) is 12.3. The van der Waals surface area contributed by atoms with Gasteiger partial charge in [0.25, 0.3) is 5.91 Å². The van der Waals surface area contributed by atoms with Gasteiger partial charge in [-0.05, 0) is 35.9 Å². The van der Waals surface area contributed by atoms with Crippen LogP contribution in [0, 0.1) is 0 Å². The molecule has 0 atom stereocenters. The lowest BCUT2D eigenvalue weighted by Crippen LogP contribution is -2.11. The number of anilines is 1. The number of aromatic nitrogens is 1. The maximum Gasteiger partial charge on any atom is 0.409 e. The van der Waals surface area contributed by atoms with Crippen LogP contribution in [0.3, 0.4) is 0 Å². The van der Waals surface area contributed by atoms with Crippen molar-refractivity contribution >= 4 is 39.2 Å². The lowest BCUT2D eigenvalue weighted by Gasteiger charge is -2.06. The fraction of sp³-hybridized carbons (Fsp3) is 0.111. The SMILES string of the molecule is O=C(Nc1ccc2sc(CO)nc2c1)c1ccc(C=CC(F)(F)F)cc1. The Bertz CT molecular complexity index is 963. The largest absolute Gasteiger partial charge is 0.409 e. The van der Waals surface area contributed by atoms with E-state index in [1.54, 1.807) is 18.2 Å². The first-order valence-electron chi connectivity index (χ1n) is 7.52. The second kappa shape index (κ2) is 7.27. The average Bonchev–Trinajstić information content (AvgIpc) is 3.02. The van der Waals surface area contributed by atoms with E-state index >= 15 is 0 Å². The predicted octanol–water partition coefficient (Wildman–Crippen LogP) is 4.62. The number of nitrogens with zero attached hydrogens (tertiary/aromatic N) is 1. The van der Waals surface area contributed by atoms with Crippen molar-refractivity contribution in [3.63, 3.8) is 0 Å². The normalized spacial score (nSPS) is 12.0. The summed E-state index contributed by atoms with van der Waals surface area (Å²) in [6, 6.07) is 11.0. The molecule has 134 valence electrons. The van der Waals surface area contributed by atoms with Gasteiger partial charge in [-0.1, -0.05) is 18.2 Å².